The predicted molar refractivity (Wildman–Crippen MR) is 64.6 cm³/mol. The molecule has 0 aliphatic carbocycles. The molecule has 4 unspecified atom stereocenters. The molecule has 16 heavy (non-hydrogen) atoms. The van der Waals surface area contributed by atoms with Crippen molar-refractivity contribution in [2.45, 2.75) is 64.4 Å². The number of hydrogen-bond acceptors (Lipinski definition) is 3. The van der Waals surface area contributed by atoms with Crippen LogP contribution in [-0.2, 0) is 9.47 Å². The van der Waals surface area contributed by atoms with Crippen LogP contribution < -0.4 is 5.32 Å². The van der Waals surface area contributed by atoms with Crippen molar-refractivity contribution in [2.75, 3.05) is 13.1 Å². The molecule has 0 radical (unpaired) electrons. The van der Waals surface area contributed by atoms with Crippen LogP contribution in [0.1, 0.15) is 40.5 Å². The molecule has 0 aromatic rings. The van der Waals surface area contributed by atoms with Crippen LogP contribution in [-0.4, -0.2) is 37.0 Å². The zero-order valence-corrected chi connectivity index (χ0v) is 11.0. The van der Waals surface area contributed by atoms with Crippen molar-refractivity contribution in [2.24, 2.45) is 5.92 Å². The van der Waals surface area contributed by atoms with Crippen LogP contribution in [0.2, 0.25) is 0 Å². The molecule has 2 saturated heterocycles. The summed E-state index contributed by atoms with van der Waals surface area (Å²) in [5, 5.41) is 3.49. The Bertz CT molecular complexity index is 244. The highest BCUT2D eigenvalue weighted by molar-refractivity contribution is 4.91. The number of hydrogen-bond donors (Lipinski definition) is 1. The van der Waals surface area contributed by atoms with Gasteiger partial charge in [0.25, 0.3) is 0 Å². The number of nitrogens with one attached hydrogen (secondary N) is 1. The van der Waals surface area contributed by atoms with Crippen molar-refractivity contribution in [1.82, 2.24) is 5.32 Å². The van der Waals surface area contributed by atoms with Gasteiger partial charge in [-0.2, -0.15) is 0 Å². The van der Waals surface area contributed by atoms with Gasteiger partial charge in [0.2, 0.25) is 0 Å². The molecule has 0 bridgehead atoms. The molecule has 0 amide bonds. The van der Waals surface area contributed by atoms with Crippen LogP contribution in [0, 0.1) is 5.92 Å². The molecule has 2 heterocycles. The second-order valence-electron chi connectivity index (χ2n) is 5.82. The fraction of sp³-hybridized carbons (Fsp3) is 1.00. The Balaban J connectivity index is 1.96. The summed E-state index contributed by atoms with van der Waals surface area (Å²) in [5.41, 5.74) is -0.0435. The molecule has 2 aliphatic rings. The minimum Gasteiger partial charge on any atom is -0.373 e. The zero-order valence-electron chi connectivity index (χ0n) is 11.0. The molecule has 94 valence electrons. The fourth-order valence-electron chi connectivity index (χ4n) is 2.55. The molecule has 3 heteroatoms. The molecule has 4 atom stereocenters. The smallest absolute Gasteiger partial charge is 0.0968 e. The highest BCUT2D eigenvalue weighted by atomic mass is 16.6. The van der Waals surface area contributed by atoms with Gasteiger partial charge in [-0.05, 0) is 32.6 Å². The number of morpholine rings is 1. The van der Waals surface area contributed by atoms with Crippen molar-refractivity contribution in [3.8, 4) is 0 Å². The molecule has 0 saturated carbocycles. The third kappa shape index (κ3) is 2.41. The lowest BCUT2D eigenvalue weighted by molar-refractivity contribution is -0.170. The summed E-state index contributed by atoms with van der Waals surface area (Å²) in [5.74, 6) is 0.529. The van der Waals surface area contributed by atoms with Gasteiger partial charge in [0.1, 0.15) is 0 Å². The zero-order chi connectivity index (χ0) is 11.8. The lowest BCUT2D eigenvalue weighted by Crippen LogP contribution is -2.57. The highest BCUT2D eigenvalue weighted by Crippen LogP contribution is 2.31. The summed E-state index contributed by atoms with van der Waals surface area (Å²) in [6.07, 6.45) is 3.23. The van der Waals surface area contributed by atoms with Crippen LogP contribution in [0.3, 0.4) is 0 Å². The second-order valence-corrected chi connectivity index (χ2v) is 5.82. The molecule has 0 spiro atoms. The fourth-order valence-corrected chi connectivity index (χ4v) is 2.55. The van der Waals surface area contributed by atoms with E-state index < -0.39 is 0 Å². The van der Waals surface area contributed by atoms with E-state index in [0.29, 0.717) is 18.1 Å². The first-order valence-electron chi connectivity index (χ1n) is 6.55. The van der Waals surface area contributed by atoms with Crippen molar-refractivity contribution in [3.63, 3.8) is 0 Å². The van der Waals surface area contributed by atoms with Gasteiger partial charge in [-0.1, -0.05) is 13.8 Å². The first kappa shape index (κ1) is 12.3. The molecule has 2 rings (SSSR count). The van der Waals surface area contributed by atoms with Crippen molar-refractivity contribution < 1.29 is 9.47 Å². The van der Waals surface area contributed by atoms with Crippen molar-refractivity contribution in [1.29, 1.82) is 0 Å². The quantitative estimate of drug-likeness (QED) is 0.782. The highest BCUT2D eigenvalue weighted by Gasteiger charge is 2.40. The summed E-state index contributed by atoms with van der Waals surface area (Å²) < 4.78 is 12.2. The number of rotatable bonds is 2. The Labute approximate surface area is 98.9 Å². The molecular formula is C13H25NO2. The van der Waals surface area contributed by atoms with E-state index in [9.17, 15) is 0 Å². The Morgan fingerprint density at radius 2 is 2.00 bits per heavy atom. The predicted octanol–water partition coefficient (Wildman–Crippen LogP) is 1.96. The molecule has 2 aliphatic heterocycles. The van der Waals surface area contributed by atoms with Gasteiger partial charge in [0.05, 0.1) is 23.9 Å². The molecule has 0 aromatic heterocycles. The van der Waals surface area contributed by atoms with Crippen LogP contribution in [0.15, 0.2) is 0 Å². The standard InChI is InChI=1S/C13H25NO2/c1-9(2)13(4)8-14-7-12(16-13)11-6-5-10(3)15-11/h9-12,14H,5-8H2,1-4H3. The lowest BCUT2D eigenvalue weighted by Gasteiger charge is -2.43. The average molecular weight is 227 g/mol. The Morgan fingerprint density at radius 3 is 2.56 bits per heavy atom. The maximum atomic E-state index is 6.28. The normalized spacial score (nSPS) is 45.2. The lowest BCUT2D eigenvalue weighted by atomic mass is 9.90. The van der Waals surface area contributed by atoms with Gasteiger partial charge < -0.3 is 14.8 Å². The van der Waals surface area contributed by atoms with Crippen molar-refractivity contribution >= 4 is 0 Å². The monoisotopic (exact) mass is 227 g/mol. The van der Waals surface area contributed by atoms with E-state index in [1.807, 2.05) is 0 Å². The van der Waals surface area contributed by atoms with E-state index in [0.717, 1.165) is 19.5 Å². The summed E-state index contributed by atoms with van der Waals surface area (Å²) in [6.45, 7) is 10.7. The summed E-state index contributed by atoms with van der Waals surface area (Å²) in [6, 6.07) is 0. The van der Waals surface area contributed by atoms with Gasteiger partial charge in [0, 0.05) is 13.1 Å². The van der Waals surface area contributed by atoms with E-state index in [-0.39, 0.29) is 11.7 Å². The second kappa shape index (κ2) is 4.63. The van der Waals surface area contributed by atoms with Gasteiger partial charge >= 0.3 is 0 Å². The Hall–Kier alpha value is -0.120. The third-order valence-corrected chi connectivity index (χ3v) is 4.14. The van der Waals surface area contributed by atoms with Crippen LogP contribution in [0.5, 0.6) is 0 Å². The van der Waals surface area contributed by atoms with E-state index >= 15 is 0 Å². The molecule has 1 N–H and O–H groups in total. The van der Waals surface area contributed by atoms with Crippen LogP contribution in [0.4, 0.5) is 0 Å². The average Bonchev–Trinajstić information content (AvgIpc) is 2.65. The van der Waals surface area contributed by atoms with E-state index in [1.165, 1.54) is 6.42 Å². The SMILES string of the molecule is CC1CCC(C2CNCC(C)(C(C)C)O2)O1. The third-order valence-electron chi connectivity index (χ3n) is 4.14. The molecule has 2 fully saturated rings. The topological polar surface area (TPSA) is 30.5 Å². The van der Waals surface area contributed by atoms with Crippen LogP contribution in [0.25, 0.3) is 0 Å². The minimum absolute atomic E-state index is 0.0435. The summed E-state index contributed by atoms with van der Waals surface area (Å²) >= 11 is 0. The van der Waals surface area contributed by atoms with E-state index in [4.69, 9.17) is 9.47 Å². The largest absolute Gasteiger partial charge is 0.373 e. The van der Waals surface area contributed by atoms with Gasteiger partial charge in [-0.3, -0.25) is 0 Å². The first-order valence-corrected chi connectivity index (χ1v) is 6.55. The van der Waals surface area contributed by atoms with E-state index in [1.54, 1.807) is 0 Å². The van der Waals surface area contributed by atoms with Gasteiger partial charge in [0.15, 0.2) is 0 Å². The first-order chi connectivity index (χ1) is 7.51. The van der Waals surface area contributed by atoms with Gasteiger partial charge in [-0.15, -0.1) is 0 Å². The summed E-state index contributed by atoms with van der Waals surface area (Å²) in [7, 11) is 0. The maximum absolute atomic E-state index is 6.28. The molecule has 0 aromatic carbocycles. The van der Waals surface area contributed by atoms with E-state index in [2.05, 4.69) is 33.0 Å². The minimum atomic E-state index is -0.0435. The van der Waals surface area contributed by atoms with Gasteiger partial charge in [-0.25, -0.2) is 0 Å². The Morgan fingerprint density at radius 1 is 1.25 bits per heavy atom. The van der Waals surface area contributed by atoms with Crippen molar-refractivity contribution in [3.05, 3.63) is 0 Å². The number of ether oxygens (including phenoxy) is 2. The maximum Gasteiger partial charge on any atom is 0.0968 e. The Kier molecular flexibility index (Phi) is 3.57. The summed E-state index contributed by atoms with van der Waals surface area (Å²) in [4.78, 5) is 0. The molecule has 3 nitrogen and oxygen atoms in total. The van der Waals surface area contributed by atoms with Crippen LogP contribution >= 0.6 is 0 Å². The molecular weight excluding hydrogens is 202 g/mol.